The van der Waals surface area contributed by atoms with E-state index in [1.54, 1.807) is 6.92 Å². The maximum absolute atomic E-state index is 10.9. The van der Waals surface area contributed by atoms with Gasteiger partial charge in [-0.05, 0) is 0 Å². The van der Waals surface area contributed by atoms with Crippen LogP contribution in [0, 0.1) is 0 Å². The van der Waals surface area contributed by atoms with E-state index in [0.717, 1.165) is 0 Å². The van der Waals surface area contributed by atoms with Gasteiger partial charge in [0.25, 0.3) is 10.2 Å². The van der Waals surface area contributed by atoms with E-state index in [0.29, 0.717) is 0 Å². The zero-order valence-corrected chi connectivity index (χ0v) is 7.63. The van der Waals surface area contributed by atoms with Gasteiger partial charge in [0.1, 0.15) is 0 Å². The molecule has 12 heavy (non-hydrogen) atoms. The SMILES string of the molecule is CCNS(=O)(=O)NC(CO)CO. The smallest absolute Gasteiger partial charge is 0.277 e. The number of hydrogen-bond donors (Lipinski definition) is 4. The normalized spacial score (nSPS) is 12.3. The van der Waals surface area contributed by atoms with E-state index in [2.05, 4.69) is 9.44 Å². The first-order valence-electron chi connectivity index (χ1n) is 3.54. The lowest BCUT2D eigenvalue weighted by Crippen LogP contribution is -2.45. The van der Waals surface area contributed by atoms with Crippen molar-refractivity contribution in [2.45, 2.75) is 13.0 Å². The molecule has 0 fully saturated rings. The van der Waals surface area contributed by atoms with Gasteiger partial charge in [-0.3, -0.25) is 0 Å². The Labute approximate surface area is 71.8 Å². The van der Waals surface area contributed by atoms with Gasteiger partial charge in [-0.25, -0.2) is 4.72 Å². The average molecular weight is 198 g/mol. The van der Waals surface area contributed by atoms with Crippen molar-refractivity contribution in [1.82, 2.24) is 9.44 Å². The van der Waals surface area contributed by atoms with Crippen LogP contribution in [-0.4, -0.2) is 44.4 Å². The fourth-order valence-electron chi connectivity index (χ4n) is 0.583. The summed E-state index contributed by atoms with van der Waals surface area (Å²) in [5, 5.41) is 17.1. The third-order valence-electron chi connectivity index (χ3n) is 1.10. The molecule has 0 aromatic heterocycles. The van der Waals surface area contributed by atoms with Gasteiger partial charge in [-0.2, -0.15) is 13.1 Å². The Morgan fingerprint density at radius 3 is 2.17 bits per heavy atom. The summed E-state index contributed by atoms with van der Waals surface area (Å²) in [5.41, 5.74) is 0. The first kappa shape index (κ1) is 11.8. The largest absolute Gasteiger partial charge is 0.395 e. The van der Waals surface area contributed by atoms with Crippen LogP contribution in [-0.2, 0) is 10.2 Å². The van der Waals surface area contributed by atoms with E-state index in [4.69, 9.17) is 10.2 Å². The molecule has 0 heterocycles. The topological polar surface area (TPSA) is 98.7 Å². The molecule has 0 aromatic carbocycles. The van der Waals surface area contributed by atoms with Crippen LogP contribution in [0.4, 0.5) is 0 Å². The minimum atomic E-state index is -3.58. The molecule has 0 aliphatic rings. The summed E-state index contributed by atoms with van der Waals surface area (Å²) in [6, 6.07) is -0.839. The maximum Gasteiger partial charge on any atom is 0.277 e. The quantitative estimate of drug-likeness (QED) is 0.388. The molecular formula is C5H14N2O4S. The number of nitrogens with one attached hydrogen (secondary N) is 2. The van der Waals surface area contributed by atoms with Gasteiger partial charge in [0.2, 0.25) is 0 Å². The Kier molecular flexibility index (Phi) is 5.34. The molecule has 0 radical (unpaired) electrons. The summed E-state index contributed by atoms with van der Waals surface area (Å²) in [5.74, 6) is 0. The highest BCUT2D eigenvalue weighted by Crippen LogP contribution is 1.84. The number of aliphatic hydroxyl groups excluding tert-OH is 2. The van der Waals surface area contributed by atoms with Crippen molar-refractivity contribution in [2.75, 3.05) is 19.8 Å². The fourth-order valence-corrected chi connectivity index (χ4v) is 1.63. The van der Waals surface area contributed by atoms with Crippen molar-refractivity contribution in [3.63, 3.8) is 0 Å². The molecule has 74 valence electrons. The van der Waals surface area contributed by atoms with Gasteiger partial charge in [0.05, 0.1) is 19.3 Å². The summed E-state index contributed by atoms with van der Waals surface area (Å²) in [6.07, 6.45) is 0. The van der Waals surface area contributed by atoms with E-state index in [1.807, 2.05) is 0 Å². The first-order chi connectivity index (χ1) is 5.55. The zero-order valence-electron chi connectivity index (χ0n) is 6.82. The van der Waals surface area contributed by atoms with E-state index in [9.17, 15) is 8.42 Å². The van der Waals surface area contributed by atoms with Crippen LogP contribution in [0.3, 0.4) is 0 Å². The lowest BCUT2D eigenvalue weighted by molar-refractivity contribution is 0.184. The molecule has 0 amide bonds. The predicted octanol–water partition coefficient (Wildman–Crippen LogP) is -2.22. The first-order valence-corrected chi connectivity index (χ1v) is 5.02. The molecule has 0 spiro atoms. The molecule has 0 unspecified atom stereocenters. The van der Waals surface area contributed by atoms with Crippen LogP contribution in [0.1, 0.15) is 6.92 Å². The van der Waals surface area contributed by atoms with Crippen LogP contribution in [0.15, 0.2) is 0 Å². The van der Waals surface area contributed by atoms with Gasteiger partial charge in [-0.15, -0.1) is 0 Å². The highest BCUT2D eigenvalue weighted by molar-refractivity contribution is 7.87. The van der Waals surface area contributed by atoms with Gasteiger partial charge < -0.3 is 10.2 Å². The minimum Gasteiger partial charge on any atom is -0.395 e. The van der Waals surface area contributed by atoms with Crippen LogP contribution in [0.2, 0.25) is 0 Å². The van der Waals surface area contributed by atoms with Crippen molar-refractivity contribution in [3.8, 4) is 0 Å². The summed E-state index contributed by atoms with van der Waals surface area (Å²) in [4.78, 5) is 0. The molecule has 0 aliphatic carbocycles. The van der Waals surface area contributed by atoms with E-state index in [-0.39, 0.29) is 6.54 Å². The number of rotatable bonds is 6. The van der Waals surface area contributed by atoms with Gasteiger partial charge >= 0.3 is 0 Å². The molecule has 6 nitrogen and oxygen atoms in total. The van der Waals surface area contributed by atoms with Crippen LogP contribution in [0.5, 0.6) is 0 Å². The van der Waals surface area contributed by atoms with Crippen LogP contribution >= 0.6 is 0 Å². The molecule has 0 atom stereocenters. The number of hydrogen-bond acceptors (Lipinski definition) is 4. The third kappa shape index (κ3) is 4.62. The molecule has 0 saturated carbocycles. The molecule has 4 N–H and O–H groups in total. The molecule has 7 heteroatoms. The van der Waals surface area contributed by atoms with Crippen molar-refractivity contribution in [1.29, 1.82) is 0 Å². The second kappa shape index (κ2) is 5.44. The summed E-state index contributed by atoms with van der Waals surface area (Å²) >= 11 is 0. The Morgan fingerprint density at radius 2 is 1.83 bits per heavy atom. The summed E-state index contributed by atoms with van der Waals surface area (Å²) < 4.78 is 26.0. The van der Waals surface area contributed by atoms with Crippen molar-refractivity contribution >= 4 is 10.2 Å². The minimum absolute atomic E-state index is 0.263. The van der Waals surface area contributed by atoms with Gasteiger partial charge in [0, 0.05) is 6.54 Å². The van der Waals surface area contributed by atoms with E-state index < -0.39 is 29.5 Å². The highest BCUT2D eigenvalue weighted by atomic mass is 32.2. The Bertz CT molecular complexity index is 199. The second-order valence-electron chi connectivity index (χ2n) is 2.18. The predicted molar refractivity (Wildman–Crippen MR) is 43.7 cm³/mol. The van der Waals surface area contributed by atoms with Crippen molar-refractivity contribution in [2.24, 2.45) is 0 Å². The monoisotopic (exact) mass is 198 g/mol. The summed E-state index contributed by atoms with van der Waals surface area (Å²) in [6.45, 7) is 1.04. The summed E-state index contributed by atoms with van der Waals surface area (Å²) in [7, 11) is -3.58. The van der Waals surface area contributed by atoms with Crippen LogP contribution < -0.4 is 9.44 Å². The van der Waals surface area contributed by atoms with Crippen molar-refractivity contribution < 1.29 is 18.6 Å². The van der Waals surface area contributed by atoms with Crippen LogP contribution in [0.25, 0.3) is 0 Å². The lowest BCUT2D eigenvalue weighted by atomic mass is 10.4. The lowest BCUT2D eigenvalue weighted by Gasteiger charge is -2.13. The molecule has 0 bridgehead atoms. The molecule has 0 aliphatic heterocycles. The van der Waals surface area contributed by atoms with Crippen molar-refractivity contribution in [3.05, 3.63) is 0 Å². The fraction of sp³-hybridized carbons (Fsp3) is 1.00. The maximum atomic E-state index is 10.9. The average Bonchev–Trinajstić information content (AvgIpc) is 2.00. The molecule has 0 saturated heterocycles. The van der Waals surface area contributed by atoms with Gasteiger partial charge in [-0.1, -0.05) is 6.92 Å². The Balaban J connectivity index is 4.03. The second-order valence-corrected chi connectivity index (χ2v) is 3.71. The molecule has 0 rings (SSSR count). The van der Waals surface area contributed by atoms with E-state index in [1.165, 1.54) is 0 Å². The number of aliphatic hydroxyl groups is 2. The third-order valence-corrected chi connectivity index (χ3v) is 2.41. The standard InChI is InChI=1S/C5H14N2O4S/c1-2-6-12(10,11)7-5(3-8)4-9/h5-9H,2-4H2,1H3. The van der Waals surface area contributed by atoms with E-state index >= 15 is 0 Å². The molecular weight excluding hydrogens is 184 g/mol. The zero-order chi connectivity index (χ0) is 9.61. The highest BCUT2D eigenvalue weighted by Gasteiger charge is 2.14. The van der Waals surface area contributed by atoms with Gasteiger partial charge in [0.15, 0.2) is 0 Å². The Morgan fingerprint density at radius 1 is 1.33 bits per heavy atom. The Hall–Kier alpha value is -0.210. The molecule has 0 aromatic rings.